The van der Waals surface area contributed by atoms with Gasteiger partial charge in [0.05, 0.1) is 33.5 Å². The van der Waals surface area contributed by atoms with Crippen LogP contribution in [0.2, 0.25) is 0 Å². The van der Waals surface area contributed by atoms with Crippen LogP contribution in [0.5, 0.6) is 17.2 Å². The third-order valence-corrected chi connectivity index (χ3v) is 4.10. The van der Waals surface area contributed by atoms with Gasteiger partial charge in [0.15, 0.2) is 11.5 Å². The van der Waals surface area contributed by atoms with Crippen molar-refractivity contribution in [1.29, 1.82) is 0 Å². The molecule has 5 nitrogen and oxygen atoms in total. The SMILES string of the molecule is COc1cc(OC)c([C@@H](N)[C@@H](O)C2CCC2)cc1OC.Cl. The highest BCUT2D eigenvalue weighted by molar-refractivity contribution is 5.85. The quantitative estimate of drug-likeness (QED) is 0.842. The van der Waals surface area contributed by atoms with Gasteiger partial charge in [0.2, 0.25) is 0 Å². The normalized spacial score (nSPS) is 17.2. The third kappa shape index (κ3) is 3.54. The second-order valence-electron chi connectivity index (χ2n) is 5.16. The molecule has 0 amide bonds. The van der Waals surface area contributed by atoms with Crippen molar-refractivity contribution < 1.29 is 19.3 Å². The highest BCUT2D eigenvalue weighted by Gasteiger charge is 2.32. The zero-order valence-corrected chi connectivity index (χ0v) is 13.5. The molecule has 3 N–H and O–H groups in total. The first-order valence-corrected chi connectivity index (χ1v) is 6.86. The molecule has 1 aromatic carbocycles. The number of hydrogen-bond donors (Lipinski definition) is 2. The Labute approximate surface area is 131 Å². The molecule has 1 saturated carbocycles. The van der Waals surface area contributed by atoms with E-state index in [1.165, 1.54) is 0 Å². The van der Waals surface area contributed by atoms with E-state index >= 15 is 0 Å². The number of benzene rings is 1. The zero-order valence-electron chi connectivity index (χ0n) is 12.7. The van der Waals surface area contributed by atoms with Crippen LogP contribution in [0.4, 0.5) is 0 Å². The molecular weight excluding hydrogens is 294 g/mol. The third-order valence-electron chi connectivity index (χ3n) is 4.10. The van der Waals surface area contributed by atoms with Gasteiger partial charge in [-0.25, -0.2) is 0 Å². The van der Waals surface area contributed by atoms with Crippen LogP contribution >= 0.6 is 12.4 Å². The average Bonchev–Trinajstić information content (AvgIpc) is 2.42. The summed E-state index contributed by atoms with van der Waals surface area (Å²) in [6, 6.07) is 3.03. The minimum atomic E-state index is -0.559. The molecule has 0 heterocycles. The van der Waals surface area contributed by atoms with E-state index in [-0.39, 0.29) is 18.3 Å². The Morgan fingerprint density at radius 2 is 1.57 bits per heavy atom. The maximum Gasteiger partial charge on any atom is 0.164 e. The second-order valence-corrected chi connectivity index (χ2v) is 5.16. The first-order valence-electron chi connectivity index (χ1n) is 6.86. The minimum absolute atomic E-state index is 0. The molecule has 1 fully saturated rings. The highest BCUT2D eigenvalue weighted by Crippen LogP contribution is 2.41. The standard InChI is InChI=1S/C15H23NO4.ClH/c1-18-11-8-13(20-3)12(19-2)7-10(11)14(16)15(17)9-5-4-6-9;/h7-9,14-15,17H,4-6,16H2,1-3H3;1H/t14-,15+;/m1./s1. The Kier molecular flexibility index (Phi) is 6.58. The highest BCUT2D eigenvalue weighted by atomic mass is 35.5. The number of ether oxygens (including phenoxy) is 3. The van der Waals surface area contributed by atoms with E-state index in [0.29, 0.717) is 17.2 Å². The topological polar surface area (TPSA) is 73.9 Å². The predicted molar refractivity (Wildman–Crippen MR) is 83.6 cm³/mol. The summed E-state index contributed by atoms with van der Waals surface area (Å²) in [5.74, 6) is 2.05. The number of aliphatic hydroxyl groups is 1. The van der Waals surface area contributed by atoms with Crippen molar-refractivity contribution >= 4 is 12.4 Å². The van der Waals surface area contributed by atoms with Gasteiger partial charge in [-0.05, 0) is 24.8 Å². The van der Waals surface area contributed by atoms with E-state index in [9.17, 15) is 5.11 Å². The predicted octanol–water partition coefficient (Wildman–Crippen LogP) is 2.30. The smallest absolute Gasteiger partial charge is 0.164 e. The summed E-state index contributed by atoms with van der Waals surface area (Å²) >= 11 is 0. The summed E-state index contributed by atoms with van der Waals surface area (Å²) in [5.41, 5.74) is 6.95. The maximum atomic E-state index is 10.3. The average molecular weight is 318 g/mol. The molecule has 1 aliphatic rings. The monoisotopic (exact) mass is 317 g/mol. The molecule has 0 bridgehead atoms. The van der Waals surface area contributed by atoms with Gasteiger partial charge in [-0.2, -0.15) is 0 Å². The number of methoxy groups -OCH3 is 3. The number of nitrogens with two attached hydrogens (primary N) is 1. The Morgan fingerprint density at radius 1 is 1.05 bits per heavy atom. The van der Waals surface area contributed by atoms with Gasteiger partial charge in [-0.1, -0.05) is 6.42 Å². The first-order chi connectivity index (χ1) is 9.62. The van der Waals surface area contributed by atoms with Crippen LogP contribution in [-0.2, 0) is 0 Å². The number of rotatable bonds is 6. The van der Waals surface area contributed by atoms with Crippen molar-refractivity contribution in [3.05, 3.63) is 17.7 Å². The number of halogens is 1. The van der Waals surface area contributed by atoms with E-state index < -0.39 is 12.1 Å². The lowest BCUT2D eigenvalue weighted by molar-refractivity contribution is 0.0407. The molecule has 0 aromatic heterocycles. The number of hydrogen-bond acceptors (Lipinski definition) is 5. The van der Waals surface area contributed by atoms with Crippen LogP contribution in [-0.4, -0.2) is 32.5 Å². The van der Waals surface area contributed by atoms with Gasteiger partial charge in [0.25, 0.3) is 0 Å². The Bertz CT molecular complexity index is 465. The van der Waals surface area contributed by atoms with Crippen LogP contribution in [0.15, 0.2) is 12.1 Å². The van der Waals surface area contributed by atoms with Gasteiger partial charge in [-0.3, -0.25) is 0 Å². The second kappa shape index (κ2) is 7.73. The fourth-order valence-electron chi connectivity index (χ4n) is 2.57. The van der Waals surface area contributed by atoms with Gasteiger partial charge in [0, 0.05) is 11.6 Å². The van der Waals surface area contributed by atoms with E-state index in [1.54, 1.807) is 33.5 Å². The van der Waals surface area contributed by atoms with Crippen LogP contribution in [0.25, 0.3) is 0 Å². The summed E-state index contributed by atoms with van der Waals surface area (Å²) in [5, 5.41) is 10.3. The molecule has 21 heavy (non-hydrogen) atoms. The van der Waals surface area contributed by atoms with E-state index in [4.69, 9.17) is 19.9 Å². The molecule has 0 radical (unpaired) electrons. The molecule has 0 aliphatic heterocycles. The van der Waals surface area contributed by atoms with Gasteiger partial charge >= 0.3 is 0 Å². The van der Waals surface area contributed by atoms with E-state index in [0.717, 1.165) is 24.8 Å². The summed E-state index contributed by atoms with van der Waals surface area (Å²) in [6.45, 7) is 0. The molecule has 0 spiro atoms. The molecule has 6 heteroatoms. The van der Waals surface area contributed by atoms with Crippen LogP contribution in [0.1, 0.15) is 30.9 Å². The molecule has 1 aromatic rings. The fourth-order valence-corrected chi connectivity index (χ4v) is 2.57. The minimum Gasteiger partial charge on any atom is -0.496 e. The summed E-state index contributed by atoms with van der Waals surface area (Å²) in [6.07, 6.45) is 2.67. The van der Waals surface area contributed by atoms with Gasteiger partial charge in [-0.15, -0.1) is 12.4 Å². The molecule has 2 atom stereocenters. The van der Waals surface area contributed by atoms with Crippen molar-refractivity contribution in [2.75, 3.05) is 21.3 Å². The molecule has 0 unspecified atom stereocenters. The van der Waals surface area contributed by atoms with Crippen molar-refractivity contribution in [1.82, 2.24) is 0 Å². The van der Waals surface area contributed by atoms with Crippen LogP contribution < -0.4 is 19.9 Å². The Hall–Kier alpha value is -1.17. The van der Waals surface area contributed by atoms with Crippen LogP contribution in [0, 0.1) is 5.92 Å². The maximum absolute atomic E-state index is 10.3. The molecule has 1 aliphatic carbocycles. The molecule has 2 rings (SSSR count). The zero-order chi connectivity index (χ0) is 14.7. The van der Waals surface area contributed by atoms with Gasteiger partial charge in [0.1, 0.15) is 5.75 Å². The van der Waals surface area contributed by atoms with Crippen molar-refractivity contribution in [2.45, 2.75) is 31.4 Å². The van der Waals surface area contributed by atoms with Gasteiger partial charge < -0.3 is 25.1 Å². The van der Waals surface area contributed by atoms with E-state index in [2.05, 4.69) is 0 Å². The Morgan fingerprint density at radius 3 is 2.00 bits per heavy atom. The Balaban J connectivity index is 0.00000220. The largest absolute Gasteiger partial charge is 0.496 e. The van der Waals surface area contributed by atoms with Crippen molar-refractivity contribution in [3.8, 4) is 17.2 Å². The molecule has 120 valence electrons. The van der Waals surface area contributed by atoms with Crippen molar-refractivity contribution in [3.63, 3.8) is 0 Å². The van der Waals surface area contributed by atoms with Crippen LogP contribution in [0.3, 0.4) is 0 Å². The molecule has 0 saturated heterocycles. The lowest BCUT2D eigenvalue weighted by Crippen LogP contribution is -2.36. The van der Waals surface area contributed by atoms with Crippen molar-refractivity contribution in [2.24, 2.45) is 11.7 Å². The lowest BCUT2D eigenvalue weighted by atomic mass is 9.77. The summed E-state index contributed by atoms with van der Waals surface area (Å²) < 4.78 is 15.9. The fraction of sp³-hybridized carbons (Fsp3) is 0.600. The van der Waals surface area contributed by atoms with E-state index in [1.807, 2.05) is 0 Å². The summed E-state index contributed by atoms with van der Waals surface area (Å²) in [4.78, 5) is 0. The lowest BCUT2D eigenvalue weighted by Gasteiger charge is -2.34. The first kappa shape index (κ1) is 17.9. The number of aliphatic hydroxyl groups excluding tert-OH is 1. The molecular formula is C15H24ClNO4. The summed E-state index contributed by atoms with van der Waals surface area (Å²) in [7, 11) is 4.72.